The molecule has 0 atom stereocenters. The molecule has 0 N–H and O–H groups in total. The van der Waals surface area contributed by atoms with E-state index in [9.17, 15) is 0 Å². The molecular weight excluding hydrogens is 703 g/mol. The first-order chi connectivity index (χ1) is 19.3. The summed E-state index contributed by atoms with van der Waals surface area (Å²) in [5.74, 6) is 0. The smallest absolute Gasteiger partial charge is 2.00 e. The monoisotopic (exact) mass is 730 g/mol. The summed E-state index contributed by atoms with van der Waals surface area (Å²) in [6.45, 7) is 0. The zero-order chi connectivity index (χ0) is 27.1. The third kappa shape index (κ3) is 10.1. The Morgan fingerprint density at radius 3 is 0.825 bits per heavy atom. The minimum absolute atomic E-state index is 0. The molecule has 204 valence electrons. The molecule has 2 saturated carbocycles. The van der Waals surface area contributed by atoms with E-state index >= 15 is 0 Å². The fraction of sp³-hybridized carbons (Fsp3) is 0. The number of halogens is 2. The third-order valence-electron chi connectivity index (χ3n) is 5.87. The summed E-state index contributed by atoms with van der Waals surface area (Å²) in [5, 5.41) is 5.58. The van der Waals surface area contributed by atoms with Gasteiger partial charge in [-0.2, -0.15) is 0 Å². The molecule has 0 saturated heterocycles. The Hall–Kier alpha value is -0.498. The Bertz CT molecular complexity index is 1010. The third-order valence-corrected chi connectivity index (χ3v) is 11.0. The first-order valence-corrected chi connectivity index (χ1v) is 19.1. The van der Waals surface area contributed by atoms with E-state index in [1.165, 1.54) is 32.5 Å². The second-order valence-electron chi connectivity index (χ2n) is 8.32. The second-order valence-corrected chi connectivity index (χ2v) is 15.0. The Labute approximate surface area is 271 Å². The van der Waals surface area contributed by atoms with E-state index in [0.29, 0.717) is 0 Å². The largest absolute Gasteiger partial charge is 2.00 e. The molecule has 0 unspecified atom stereocenters. The van der Waals surface area contributed by atoms with Gasteiger partial charge in [0.05, 0.1) is 0 Å². The van der Waals surface area contributed by atoms with Crippen molar-refractivity contribution in [3.8, 4) is 0 Å². The van der Waals surface area contributed by atoms with E-state index in [2.05, 4.69) is 141 Å². The first-order valence-electron chi connectivity index (χ1n) is 12.4. The van der Waals surface area contributed by atoms with E-state index in [1.807, 2.05) is 32.1 Å². The van der Waals surface area contributed by atoms with Crippen molar-refractivity contribution in [1.82, 2.24) is 0 Å². The van der Waals surface area contributed by atoms with E-state index in [1.54, 1.807) is 0 Å². The molecule has 2 aliphatic rings. The van der Waals surface area contributed by atoms with E-state index in [0.717, 1.165) is 0 Å². The fourth-order valence-electron chi connectivity index (χ4n) is 4.26. The van der Waals surface area contributed by atoms with Crippen molar-refractivity contribution in [2.75, 3.05) is 0 Å². The summed E-state index contributed by atoms with van der Waals surface area (Å²) in [4.78, 5) is 0. The van der Waals surface area contributed by atoms with Crippen LogP contribution in [0.1, 0.15) is 0 Å². The maximum Gasteiger partial charge on any atom is 2.00 e. The van der Waals surface area contributed by atoms with Crippen molar-refractivity contribution in [3.05, 3.63) is 184 Å². The van der Waals surface area contributed by atoms with E-state index in [4.69, 9.17) is 19.1 Å². The molecule has 6 heteroatoms. The SMILES string of the molecule is [CH]1[CH][CH][CH][CH]1.[CH]1[CH][C](P(c2ccccc2)c2ccccc2)[C](P(c2ccccc2)c2ccccc2)[CH]1.[Cl][Pd][Cl].[Fe+2]. The summed E-state index contributed by atoms with van der Waals surface area (Å²) >= 11 is -0.106. The normalized spacial score (nSPS) is 15.2. The molecule has 0 bridgehead atoms. The Morgan fingerprint density at radius 2 is 0.600 bits per heavy atom. The van der Waals surface area contributed by atoms with Crippen LogP contribution in [-0.4, -0.2) is 0 Å². The molecule has 0 aromatic heterocycles. The van der Waals surface area contributed by atoms with Crippen LogP contribution < -0.4 is 21.2 Å². The van der Waals surface area contributed by atoms with Crippen molar-refractivity contribution >= 4 is 56.1 Å². The van der Waals surface area contributed by atoms with E-state index < -0.39 is 15.8 Å². The number of hydrogen-bond acceptors (Lipinski definition) is 0. The standard InChI is InChI=1S/C29H23P2.C5H5.2ClH.Fe.Pd/c1-5-14-24(15-6-1)30(25-16-7-2-8-17-25)28-22-13-23-29(28)31(26-18-9-3-10-19-26)27-20-11-4-12-21-27;1-2-4-5-3-1;;;;/h1-23H;1-5H;2*1H;;/q;;;;2*+2/p-2. The Kier molecular flexibility index (Phi) is 16.7. The number of benzene rings is 4. The summed E-state index contributed by atoms with van der Waals surface area (Å²) < 4.78 is 0. The van der Waals surface area contributed by atoms with Crippen LogP contribution in [0.5, 0.6) is 0 Å². The Balaban J connectivity index is 0.000000429. The van der Waals surface area contributed by atoms with Crippen molar-refractivity contribution < 1.29 is 33.0 Å². The average Bonchev–Trinajstić information content (AvgIpc) is 3.73. The predicted molar refractivity (Wildman–Crippen MR) is 171 cm³/mol. The van der Waals surface area contributed by atoms with Gasteiger partial charge in [0.25, 0.3) is 0 Å². The summed E-state index contributed by atoms with van der Waals surface area (Å²) in [6, 6.07) is 43.9. The molecule has 10 radical (unpaired) electrons. The van der Waals surface area contributed by atoms with Crippen LogP contribution in [0.3, 0.4) is 0 Å². The molecule has 0 aliphatic heterocycles. The van der Waals surface area contributed by atoms with Crippen LogP contribution in [-0.2, 0) is 33.0 Å². The summed E-state index contributed by atoms with van der Waals surface area (Å²) in [7, 11) is 8.37. The molecule has 6 rings (SSSR count). The zero-order valence-corrected chi connectivity index (χ0v) is 27.4. The van der Waals surface area contributed by atoms with Crippen LogP contribution in [0.25, 0.3) is 0 Å². The van der Waals surface area contributed by atoms with Crippen molar-refractivity contribution in [1.29, 1.82) is 0 Å². The molecule has 40 heavy (non-hydrogen) atoms. The quantitative estimate of drug-likeness (QED) is 0.138. The predicted octanol–water partition coefficient (Wildman–Crippen LogP) is 8.34. The van der Waals surface area contributed by atoms with Crippen LogP contribution in [0.2, 0.25) is 0 Å². The second kappa shape index (κ2) is 19.6. The Morgan fingerprint density at radius 1 is 0.375 bits per heavy atom. The maximum atomic E-state index is 4.81. The van der Waals surface area contributed by atoms with E-state index in [-0.39, 0.29) is 33.0 Å². The fourth-order valence-corrected chi connectivity index (χ4v) is 9.53. The summed E-state index contributed by atoms with van der Waals surface area (Å²) in [6.07, 6.45) is 16.9. The van der Waals surface area contributed by atoms with Crippen LogP contribution in [0, 0.1) is 62.7 Å². The van der Waals surface area contributed by atoms with Gasteiger partial charge < -0.3 is 0 Å². The van der Waals surface area contributed by atoms with Crippen LogP contribution in [0.15, 0.2) is 121 Å². The minimum atomic E-state index is -0.627. The number of rotatable bonds is 6. The molecule has 0 spiro atoms. The van der Waals surface area contributed by atoms with Crippen molar-refractivity contribution in [3.63, 3.8) is 0 Å². The van der Waals surface area contributed by atoms with Crippen LogP contribution in [0.4, 0.5) is 0 Å². The van der Waals surface area contributed by atoms with Crippen LogP contribution >= 0.6 is 34.9 Å². The van der Waals surface area contributed by atoms with Gasteiger partial charge in [-0.15, -0.1) is 0 Å². The maximum absolute atomic E-state index is 4.81. The molecule has 2 aliphatic carbocycles. The molecule has 4 aromatic rings. The van der Waals surface area contributed by atoms with Gasteiger partial charge in [0.1, 0.15) is 0 Å². The van der Waals surface area contributed by atoms with Gasteiger partial charge >= 0.3 is 52.1 Å². The topological polar surface area (TPSA) is 0 Å². The van der Waals surface area contributed by atoms with Crippen molar-refractivity contribution in [2.45, 2.75) is 0 Å². The molecule has 2 fully saturated rings. The minimum Gasteiger partial charge on any atom is 2.00 e. The average molecular weight is 732 g/mol. The molecular formula is C34H28Cl2FeP2Pd+2. The van der Waals surface area contributed by atoms with Gasteiger partial charge in [0.2, 0.25) is 0 Å². The van der Waals surface area contributed by atoms with Gasteiger partial charge in [0.15, 0.2) is 0 Å². The number of hydrogen-bond donors (Lipinski definition) is 0. The van der Waals surface area contributed by atoms with Gasteiger partial charge in [-0.25, -0.2) is 0 Å². The first kappa shape index (κ1) is 34.0. The van der Waals surface area contributed by atoms with Crippen molar-refractivity contribution in [2.24, 2.45) is 0 Å². The van der Waals surface area contributed by atoms with Gasteiger partial charge in [0, 0.05) is 11.3 Å². The zero-order valence-electron chi connectivity index (χ0n) is 21.5. The molecule has 0 nitrogen and oxygen atoms in total. The summed E-state index contributed by atoms with van der Waals surface area (Å²) in [5.41, 5.74) is 2.93. The molecule has 4 aromatic carbocycles. The molecule has 0 heterocycles. The van der Waals surface area contributed by atoms with Gasteiger partial charge in [-0.1, -0.05) is 121 Å². The van der Waals surface area contributed by atoms with Gasteiger partial charge in [-0.05, 0) is 88.4 Å². The molecule has 0 amide bonds. The van der Waals surface area contributed by atoms with Gasteiger partial charge in [-0.3, -0.25) is 0 Å².